The summed E-state index contributed by atoms with van der Waals surface area (Å²) >= 11 is 0. The Hall–Kier alpha value is 0.0344. The molecule has 1 aliphatic carbocycles. The van der Waals surface area contributed by atoms with Crippen molar-refractivity contribution in [3.8, 4) is 6.07 Å². The van der Waals surface area contributed by atoms with Gasteiger partial charge in [0, 0.05) is 18.6 Å². The molecule has 0 heterocycles. The van der Waals surface area contributed by atoms with Gasteiger partial charge in [-0.2, -0.15) is 12.3 Å². The van der Waals surface area contributed by atoms with E-state index in [1.165, 1.54) is 0 Å². The molecule has 0 saturated heterocycles. The summed E-state index contributed by atoms with van der Waals surface area (Å²) in [5.41, 5.74) is 0.0551. The van der Waals surface area contributed by atoms with Crippen LogP contribution in [0.1, 0.15) is 19.3 Å². The molecule has 0 atom stereocenters. The average molecular weight is 174 g/mol. The van der Waals surface area contributed by atoms with Gasteiger partial charge in [-0.1, -0.05) is 6.42 Å². The summed E-state index contributed by atoms with van der Waals surface area (Å²) in [7, 11) is 1.80. The van der Waals surface area contributed by atoms with E-state index in [9.17, 15) is 0 Å². The Morgan fingerprint density at radius 2 is 2.20 bits per heavy atom. The minimum absolute atomic E-state index is 0. The van der Waals surface area contributed by atoms with E-state index in [2.05, 4.69) is 11.4 Å². The first-order chi connectivity index (χ1) is 4.33. The Morgan fingerprint density at radius 1 is 1.60 bits per heavy atom. The van der Waals surface area contributed by atoms with E-state index < -0.39 is 0 Å². The maximum absolute atomic E-state index is 8.59. The van der Waals surface area contributed by atoms with E-state index in [1.807, 2.05) is 0 Å². The van der Waals surface area contributed by atoms with Crippen molar-refractivity contribution in [1.29, 1.82) is 5.26 Å². The van der Waals surface area contributed by atoms with Gasteiger partial charge < -0.3 is 5.32 Å². The molecule has 3 heteroatoms. The molecule has 55 valence electrons. The third kappa shape index (κ3) is 2.34. The Kier molecular flexibility index (Phi) is 4.04. The maximum atomic E-state index is 8.59. The fourth-order valence-corrected chi connectivity index (χ4v) is 0.894. The largest absolute Gasteiger partial charge is 0.665 e. The van der Waals surface area contributed by atoms with Crippen molar-refractivity contribution in [3.05, 3.63) is 5.32 Å². The van der Waals surface area contributed by atoms with Crippen molar-refractivity contribution >= 4 is 0 Å². The molecule has 0 amide bonds. The molecule has 0 aromatic carbocycles. The van der Waals surface area contributed by atoms with Gasteiger partial charge in [0.25, 0.3) is 0 Å². The Labute approximate surface area is 73.9 Å². The summed E-state index contributed by atoms with van der Waals surface area (Å²) in [6, 6.07) is 2.33. The summed E-state index contributed by atoms with van der Waals surface area (Å²) < 4.78 is 0. The number of nitriles is 1. The molecule has 1 radical (unpaired) electrons. The molecule has 10 heavy (non-hydrogen) atoms. The van der Waals surface area contributed by atoms with Crippen molar-refractivity contribution < 1.29 is 18.6 Å². The van der Waals surface area contributed by atoms with Crippen LogP contribution >= 0.6 is 0 Å². The molecule has 1 saturated carbocycles. The first-order valence-electron chi connectivity index (χ1n) is 3.30. The smallest absolute Gasteiger partial charge is 0.0689 e. The van der Waals surface area contributed by atoms with E-state index in [-0.39, 0.29) is 24.0 Å². The zero-order valence-corrected chi connectivity index (χ0v) is 7.57. The van der Waals surface area contributed by atoms with Gasteiger partial charge in [0.1, 0.15) is 0 Å². The minimum atomic E-state index is 0. The van der Waals surface area contributed by atoms with E-state index in [0.29, 0.717) is 0 Å². The molecule has 0 spiro atoms. The quantitative estimate of drug-likeness (QED) is 0.641. The van der Waals surface area contributed by atoms with Gasteiger partial charge in [-0.25, -0.2) is 0 Å². The monoisotopic (exact) mass is 174 g/mol. The first-order valence-corrected chi connectivity index (χ1v) is 3.30. The predicted molar refractivity (Wildman–Crippen MR) is 36.0 cm³/mol. The maximum Gasteiger partial charge on any atom is 0.0689 e. The molecule has 0 aromatic rings. The third-order valence-corrected chi connectivity index (χ3v) is 1.90. The van der Waals surface area contributed by atoms with Crippen molar-refractivity contribution in [2.24, 2.45) is 5.41 Å². The Bertz CT molecular complexity index is 135. The van der Waals surface area contributed by atoms with Gasteiger partial charge in [-0.05, 0) is 12.8 Å². The summed E-state index contributed by atoms with van der Waals surface area (Å²) in [5, 5.41) is 12.5. The topological polar surface area (TPSA) is 37.9 Å². The van der Waals surface area contributed by atoms with Gasteiger partial charge in [-0.3, -0.25) is 0 Å². The summed E-state index contributed by atoms with van der Waals surface area (Å²) in [5.74, 6) is 0. The van der Waals surface area contributed by atoms with Crippen LogP contribution < -0.4 is 0 Å². The molecule has 0 unspecified atom stereocenters. The first kappa shape index (κ1) is 10.0. The minimum Gasteiger partial charge on any atom is -0.665 e. The molecule has 1 aliphatic rings. The van der Waals surface area contributed by atoms with Gasteiger partial charge in [-0.15, -0.1) is 6.54 Å². The van der Waals surface area contributed by atoms with Gasteiger partial charge >= 0.3 is 0 Å². The summed E-state index contributed by atoms with van der Waals surface area (Å²) in [6.45, 7) is 0.855. The second-order valence-corrected chi connectivity index (χ2v) is 2.68. The van der Waals surface area contributed by atoms with Crippen molar-refractivity contribution in [3.63, 3.8) is 0 Å². The van der Waals surface area contributed by atoms with Crippen LogP contribution in [0.2, 0.25) is 0 Å². The summed E-state index contributed by atoms with van der Waals surface area (Å²) in [6.07, 6.45) is 3.16. The third-order valence-electron chi connectivity index (χ3n) is 1.90. The molecule has 0 N–H and O–H groups in total. The van der Waals surface area contributed by atoms with E-state index in [1.54, 1.807) is 7.05 Å². The summed E-state index contributed by atoms with van der Waals surface area (Å²) in [4.78, 5) is 0. The zero-order valence-electron chi connectivity index (χ0n) is 6.17. The number of hydrogen-bond donors (Lipinski definition) is 0. The van der Waals surface area contributed by atoms with Crippen LogP contribution in [0.4, 0.5) is 0 Å². The van der Waals surface area contributed by atoms with Crippen LogP contribution in [-0.4, -0.2) is 13.6 Å². The Morgan fingerprint density at radius 3 is 2.50 bits per heavy atom. The normalized spacial score (nSPS) is 18.8. The van der Waals surface area contributed by atoms with Crippen LogP contribution in [0.25, 0.3) is 5.32 Å². The van der Waals surface area contributed by atoms with Crippen LogP contribution in [-0.2, 0) is 18.6 Å². The molecule has 1 fully saturated rings. The van der Waals surface area contributed by atoms with Crippen LogP contribution in [0.3, 0.4) is 0 Å². The molecule has 0 bridgehead atoms. The Balaban J connectivity index is 0.000000810. The predicted octanol–water partition coefficient (Wildman–Crippen LogP) is 1.68. The molecule has 0 aliphatic heterocycles. The second-order valence-electron chi connectivity index (χ2n) is 2.68. The average Bonchev–Trinajstić information content (AvgIpc) is 2.65. The fourth-order valence-electron chi connectivity index (χ4n) is 0.894. The SMILES string of the molecule is C[N-]CCC1(C#N)CC1.[V]. The molecule has 1 rings (SSSR count). The van der Waals surface area contributed by atoms with Gasteiger partial charge in [0.2, 0.25) is 0 Å². The van der Waals surface area contributed by atoms with E-state index in [4.69, 9.17) is 5.26 Å². The molecule has 2 nitrogen and oxygen atoms in total. The van der Waals surface area contributed by atoms with Gasteiger partial charge in [0.05, 0.1) is 11.5 Å². The number of hydrogen-bond acceptors (Lipinski definition) is 1. The van der Waals surface area contributed by atoms with E-state index in [0.717, 1.165) is 25.8 Å². The van der Waals surface area contributed by atoms with Crippen LogP contribution in [0.15, 0.2) is 0 Å². The van der Waals surface area contributed by atoms with Crippen LogP contribution in [0.5, 0.6) is 0 Å². The molecular formula is C7H11N2V-. The van der Waals surface area contributed by atoms with Crippen molar-refractivity contribution in [2.45, 2.75) is 19.3 Å². The van der Waals surface area contributed by atoms with Gasteiger partial charge in [0.15, 0.2) is 0 Å². The van der Waals surface area contributed by atoms with Crippen molar-refractivity contribution in [1.82, 2.24) is 0 Å². The number of rotatable bonds is 3. The second kappa shape index (κ2) is 4.03. The van der Waals surface area contributed by atoms with E-state index >= 15 is 0 Å². The fraction of sp³-hybridized carbons (Fsp3) is 0.857. The van der Waals surface area contributed by atoms with Crippen molar-refractivity contribution in [2.75, 3.05) is 13.6 Å². The molecular weight excluding hydrogens is 163 g/mol. The standard InChI is InChI=1S/C7H11N2.V/c1-9-5-4-7(6-8)2-3-7;/h2-5H2,1H3;/q-1;. The van der Waals surface area contributed by atoms with Crippen LogP contribution in [0, 0.1) is 16.7 Å². The number of nitrogens with zero attached hydrogens (tertiary/aromatic N) is 2. The zero-order chi connectivity index (χ0) is 6.74. The molecule has 0 aromatic heterocycles.